The zero-order valence-corrected chi connectivity index (χ0v) is 15.1. The molecule has 1 aliphatic carbocycles. The molecule has 7 heteroatoms. The second kappa shape index (κ2) is 7.88. The lowest BCUT2D eigenvalue weighted by atomic mass is 9.63. The third-order valence-corrected chi connectivity index (χ3v) is 5.09. The molecule has 0 spiro atoms. The molecule has 1 aliphatic rings. The first-order chi connectivity index (χ1) is 11.4. The fraction of sp³-hybridized carbons (Fsp3) is 0.529. The maximum atomic E-state index is 12.8. The smallest absolute Gasteiger partial charge is 0.320 e. The summed E-state index contributed by atoms with van der Waals surface area (Å²) in [6, 6.07) is 6.96. The van der Waals surface area contributed by atoms with Crippen molar-refractivity contribution in [3.8, 4) is 0 Å². The Balaban J connectivity index is 2.55. The van der Waals surface area contributed by atoms with Crippen LogP contribution in [0.3, 0.4) is 0 Å². The third-order valence-electron chi connectivity index (χ3n) is 4.56. The number of hydrogen-bond acceptors (Lipinski definition) is 5. The predicted molar refractivity (Wildman–Crippen MR) is 91.3 cm³/mol. The number of ketones is 1. The van der Waals surface area contributed by atoms with E-state index in [1.165, 1.54) is 0 Å². The van der Waals surface area contributed by atoms with Gasteiger partial charge in [0.15, 0.2) is 5.78 Å². The summed E-state index contributed by atoms with van der Waals surface area (Å²) >= 11 is 3.33. The van der Waals surface area contributed by atoms with Gasteiger partial charge in [0, 0.05) is 15.8 Å². The number of rotatable bonds is 6. The van der Waals surface area contributed by atoms with Crippen molar-refractivity contribution in [2.24, 2.45) is 5.41 Å². The van der Waals surface area contributed by atoms with Crippen molar-refractivity contribution in [1.82, 2.24) is 0 Å². The average molecular weight is 398 g/mol. The molecule has 0 N–H and O–H groups in total. The molecule has 1 aromatic rings. The van der Waals surface area contributed by atoms with Crippen molar-refractivity contribution >= 4 is 27.7 Å². The van der Waals surface area contributed by atoms with Crippen LogP contribution < -0.4 is 0 Å². The van der Waals surface area contributed by atoms with Gasteiger partial charge >= 0.3 is 5.97 Å². The summed E-state index contributed by atoms with van der Waals surface area (Å²) in [6.45, 7) is 1.33. The highest BCUT2D eigenvalue weighted by Crippen LogP contribution is 2.46. The lowest BCUT2D eigenvalue weighted by molar-refractivity contribution is -0.485. The van der Waals surface area contributed by atoms with Crippen molar-refractivity contribution < 1.29 is 19.2 Å². The van der Waals surface area contributed by atoms with E-state index in [1.54, 1.807) is 31.2 Å². The molecule has 24 heavy (non-hydrogen) atoms. The summed E-state index contributed by atoms with van der Waals surface area (Å²) in [7, 11) is 0. The number of nitrogens with zero attached hydrogens (tertiary/aromatic N) is 1. The van der Waals surface area contributed by atoms with Crippen molar-refractivity contribution in [1.29, 1.82) is 0 Å². The highest BCUT2D eigenvalue weighted by atomic mass is 79.9. The highest BCUT2D eigenvalue weighted by Gasteiger charge is 2.55. The summed E-state index contributed by atoms with van der Waals surface area (Å²) in [5.41, 5.74) is -0.854. The van der Waals surface area contributed by atoms with E-state index in [4.69, 9.17) is 4.74 Å². The minimum Gasteiger partial charge on any atom is -0.465 e. The van der Waals surface area contributed by atoms with Gasteiger partial charge in [0.05, 0.1) is 12.5 Å². The highest BCUT2D eigenvalue weighted by molar-refractivity contribution is 9.10. The maximum Gasteiger partial charge on any atom is 0.320 e. The van der Waals surface area contributed by atoms with Crippen LogP contribution in [0, 0.1) is 15.5 Å². The van der Waals surface area contributed by atoms with E-state index in [1.807, 2.05) is 0 Å². The van der Waals surface area contributed by atoms with E-state index in [0.29, 0.717) is 24.8 Å². The van der Waals surface area contributed by atoms with Gasteiger partial charge in [-0.25, -0.2) is 0 Å². The quantitative estimate of drug-likeness (QED) is 0.317. The zero-order valence-electron chi connectivity index (χ0n) is 13.5. The fourth-order valence-electron chi connectivity index (χ4n) is 3.43. The third kappa shape index (κ3) is 3.66. The number of ether oxygens (including phenoxy) is 1. The standard InChI is InChI=1S/C17H20BrNO5/c1-2-24-16(21)17(10-4-3-5-15(17)20)14(11-19(22)23)12-6-8-13(18)9-7-12/h6-9,14H,2-5,10-11H2,1H3/t14-,17-/m0/s1. The molecule has 0 saturated heterocycles. The summed E-state index contributed by atoms with van der Waals surface area (Å²) < 4.78 is 6.00. The topological polar surface area (TPSA) is 86.5 Å². The van der Waals surface area contributed by atoms with E-state index >= 15 is 0 Å². The summed E-state index contributed by atoms with van der Waals surface area (Å²) in [4.78, 5) is 36.3. The van der Waals surface area contributed by atoms with Crippen LogP contribution in [0.2, 0.25) is 0 Å². The lowest BCUT2D eigenvalue weighted by Crippen LogP contribution is -2.49. The molecule has 6 nitrogen and oxygen atoms in total. The van der Waals surface area contributed by atoms with Crippen LogP contribution in [0.15, 0.2) is 28.7 Å². The van der Waals surface area contributed by atoms with Crippen molar-refractivity contribution in [3.05, 3.63) is 44.4 Å². The van der Waals surface area contributed by atoms with Gasteiger partial charge in [0.25, 0.3) is 0 Å². The molecule has 0 aromatic heterocycles. The van der Waals surface area contributed by atoms with E-state index in [0.717, 1.165) is 4.47 Å². The molecule has 130 valence electrons. The number of benzene rings is 1. The molecular weight excluding hydrogens is 378 g/mol. The van der Waals surface area contributed by atoms with Crippen molar-refractivity contribution in [2.75, 3.05) is 13.2 Å². The van der Waals surface area contributed by atoms with E-state index in [2.05, 4.69) is 15.9 Å². The van der Waals surface area contributed by atoms with Crippen LogP contribution in [-0.2, 0) is 14.3 Å². The first-order valence-electron chi connectivity index (χ1n) is 7.99. The molecule has 0 heterocycles. The molecule has 1 aromatic carbocycles. The Morgan fingerprint density at radius 2 is 2.04 bits per heavy atom. The SMILES string of the molecule is CCOC(=O)[C@]1([C@@H](C[N+](=O)[O-])c2ccc(Br)cc2)CCCCC1=O. The first-order valence-corrected chi connectivity index (χ1v) is 8.79. The van der Waals surface area contributed by atoms with Gasteiger partial charge in [-0.05, 0) is 37.5 Å². The molecule has 0 unspecified atom stereocenters. The minimum atomic E-state index is -1.46. The van der Waals surface area contributed by atoms with Crippen LogP contribution in [-0.4, -0.2) is 29.8 Å². The van der Waals surface area contributed by atoms with Gasteiger partial charge in [0.2, 0.25) is 6.54 Å². The van der Waals surface area contributed by atoms with Gasteiger partial charge < -0.3 is 4.74 Å². The number of esters is 1. The Labute approximate surface area is 148 Å². The predicted octanol–water partition coefficient (Wildman–Crippen LogP) is 3.50. The summed E-state index contributed by atoms with van der Waals surface area (Å²) in [6.07, 6.45) is 1.92. The molecule has 0 radical (unpaired) electrons. The average Bonchev–Trinajstić information content (AvgIpc) is 2.54. The van der Waals surface area contributed by atoms with Crippen LogP contribution >= 0.6 is 15.9 Å². The van der Waals surface area contributed by atoms with Crippen molar-refractivity contribution in [3.63, 3.8) is 0 Å². The molecule has 2 atom stereocenters. The number of Topliss-reactive ketones (excluding diaryl/α,β-unsaturated/α-hetero) is 1. The number of carbonyl (C=O) groups is 2. The largest absolute Gasteiger partial charge is 0.465 e. The van der Waals surface area contributed by atoms with Crippen molar-refractivity contribution in [2.45, 2.75) is 38.5 Å². The number of carbonyl (C=O) groups excluding carboxylic acids is 2. The first kappa shape index (κ1) is 18.6. The van der Waals surface area contributed by atoms with Crippen LogP contribution in [0.25, 0.3) is 0 Å². The van der Waals surface area contributed by atoms with Gasteiger partial charge in [-0.1, -0.05) is 34.5 Å². The van der Waals surface area contributed by atoms with E-state index in [9.17, 15) is 19.7 Å². The molecule has 1 fully saturated rings. The molecule has 0 amide bonds. The maximum absolute atomic E-state index is 12.8. The Bertz CT molecular complexity index is 630. The number of halogens is 1. The Morgan fingerprint density at radius 1 is 1.38 bits per heavy atom. The van der Waals surface area contributed by atoms with Crippen LogP contribution in [0.1, 0.15) is 44.1 Å². The monoisotopic (exact) mass is 397 g/mol. The van der Waals surface area contributed by atoms with Gasteiger partial charge in [0.1, 0.15) is 5.41 Å². The molecule has 0 aliphatic heterocycles. The van der Waals surface area contributed by atoms with E-state index < -0.39 is 28.8 Å². The Hall–Kier alpha value is -1.76. The second-order valence-corrected chi connectivity index (χ2v) is 6.86. The summed E-state index contributed by atoms with van der Waals surface area (Å²) in [5.74, 6) is -1.71. The molecular formula is C17H20BrNO5. The molecule has 1 saturated carbocycles. The van der Waals surface area contributed by atoms with E-state index in [-0.39, 0.29) is 18.8 Å². The molecule has 2 rings (SSSR count). The Kier molecular flexibility index (Phi) is 6.10. The number of nitro groups is 1. The van der Waals surface area contributed by atoms with Crippen LogP contribution in [0.4, 0.5) is 0 Å². The van der Waals surface area contributed by atoms with Gasteiger partial charge in [-0.15, -0.1) is 0 Å². The minimum absolute atomic E-state index is 0.138. The summed E-state index contributed by atoms with van der Waals surface area (Å²) in [5, 5.41) is 11.3. The number of hydrogen-bond donors (Lipinski definition) is 0. The Morgan fingerprint density at radius 3 is 2.58 bits per heavy atom. The second-order valence-electron chi connectivity index (χ2n) is 5.94. The van der Waals surface area contributed by atoms with Gasteiger partial charge in [-0.3, -0.25) is 19.7 Å². The fourth-order valence-corrected chi connectivity index (χ4v) is 3.69. The lowest BCUT2D eigenvalue weighted by Gasteiger charge is -2.38. The molecule has 0 bridgehead atoms. The van der Waals surface area contributed by atoms with Crippen LogP contribution in [0.5, 0.6) is 0 Å². The van der Waals surface area contributed by atoms with Gasteiger partial charge in [-0.2, -0.15) is 0 Å². The normalized spacial score (nSPS) is 22.0. The zero-order chi connectivity index (χ0) is 17.7.